The molecule has 0 aliphatic carbocycles. The standard InChI is InChI=1S/C22H25N3OS/c1-15-12-19-14-18(21(26)25-20(19)13-16(15)2)9-11-24-22(27)23-10-8-17-6-4-3-5-7-17/h3-7,12-14H,8-11H2,1-2H3,(H,25,26)(H2,23,24,27). The average Bonchev–Trinajstić information content (AvgIpc) is 2.65. The SMILES string of the molecule is Cc1cc2cc(CCNC(=S)NCCc3ccccc3)c(=O)[nH]c2cc1C. The van der Waals surface area contributed by atoms with E-state index in [9.17, 15) is 4.79 Å². The maximum absolute atomic E-state index is 12.3. The second-order valence-electron chi connectivity index (χ2n) is 6.82. The van der Waals surface area contributed by atoms with E-state index in [0.717, 1.165) is 29.4 Å². The summed E-state index contributed by atoms with van der Waals surface area (Å²) in [5, 5.41) is 8.08. The molecule has 2 aromatic carbocycles. The molecule has 0 aliphatic rings. The summed E-state index contributed by atoms with van der Waals surface area (Å²) in [6.07, 6.45) is 1.55. The van der Waals surface area contributed by atoms with Crippen LogP contribution in [-0.2, 0) is 12.8 Å². The van der Waals surface area contributed by atoms with Gasteiger partial charge in [-0.2, -0.15) is 0 Å². The highest BCUT2D eigenvalue weighted by molar-refractivity contribution is 7.80. The number of benzene rings is 2. The van der Waals surface area contributed by atoms with E-state index in [1.165, 1.54) is 16.7 Å². The second-order valence-corrected chi connectivity index (χ2v) is 7.22. The van der Waals surface area contributed by atoms with Crippen LogP contribution in [0.3, 0.4) is 0 Å². The molecule has 0 atom stereocenters. The van der Waals surface area contributed by atoms with E-state index in [1.54, 1.807) is 0 Å². The highest BCUT2D eigenvalue weighted by Crippen LogP contribution is 2.17. The van der Waals surface area contributed by atoms with Crippen molar-refractivity contribution in [3.8, 4) is 0 Å². The zero-order valence-electron chi connectivity index (χ0n) is 15.8. The Labute approximate surface area is 165 Å². The lowest BCUT2D eigenvalue weighted by molar-refractivity contribution is 0.799. The number of rotatable bonds is 6. The van der Waals surface area contributed by atoms with E-state index in [-0.39, 0.29) is 5.56 Å². The van der Waals surface area contributed by atoms with Gasteiger partial charge in [-0.25, -0.2) is 0 Å². The summed E-state index contributed by atoms with van der Waals surface area (Å²) < 4.78 is 0. The predicted molar refractivity (Wildman–Crippen MR) is 116 cm³/mol. The fraction of sp³-hybridized carbons (Fsp3) is 0.273. The van der Waals surface area contributed by atoms with E-state index in [0.29, 0.717) is 18.1 Å². The van der Waals surface area contributed by atoms with Crippen LogP contribution < -0.4 is 16.2 Å². The average molecular weight is 380 g/mol. The van der Waals surface area contributed by atoms with E-state index in [2.05, 4.69) is 47.7 Å². The quantitative estimate of drug-likeness (QED) is 0.575. The molecule has 0 fully saturated rings. The van der Waals surface area contributed by atoms with Crippen LogP contribution in [0.15, 0.2) is 53.3 Å². The number of pyridine rings is 1. The molecule has 0 unspecified atom stereocenters. The number of H-pyrrole nitrogens is 1. The Morgan fingerprint density at radius 2 is 1.63 bits per heavy atom. The van der Waals surface area contributed by atoms with Crippen molar-refractivity contribution in [3.63, 3.8) is 0 Å². The Hall–Kier alpha value is -2.66. The van der Waals surface area contributed by atoms with Crippen LogP contribution in [0.5, 0.6) is 0 Å². The normalized spacial score (nSPS) is 10.7. The molecule has 1 aromatic heterocycles. The first-order valence-corrected chi connectivity index (χ1v) is 9.62. The third-order valence-corrected chi connectivity index (χ3v) is 5.05. The predicted octanol–water partition coefficient (Wildman–Crippen LogP) is 3.39. The van der Waals surface area contributed by atoms with Gasteiger partial charge in [-0.05, 0) is 79.2 Å². The van der Waals surface area contributed by atoms with E-state index >= 15 is 0 Å². The van der Waals surface area contributed by atoms with Crippen molar-refractivity contribution in [1.29, 1.82) is 0 Å². The van der Waals surface area contributed by atoms with Crippen molar-refractivity contribution in [2.75, 3.05) is 13.1 Å². The Morgan fingerprint density at radius 1 is 0.963 bits per heavy atom. The molecule has 0 amide bonds. The highest BCUT2D eigenvalue weighted by atomic mass is 32.1. The Kier molecular flexibility index (Phi) is 6.24. The summed E-state index contributed by atoms with van der Waals surface area (Å²) in [4.78, 5) is 15.3. The van der Waals surface area contributed by atoms with Crippen LogP contribution in [0, 0.1) is 13.8 Å². The van der Waals surface area contributed by atoms with Crippen LogP contribution >= 0.6 is 12.2 Å². The molecule has 0 spiro atoms. The Balaban J connectivity index is 1.51. The molecule has 3 N–H and O–H groups in total. The summed E-state index contributed by atoms with van der Waals surface area (Å²) in [6, 6.07) is 16.4. The number of fused-ring (bicyclic) bond motifs is 1. The van der Waals surface area contributed by atoms with Crippen LogP contribution in [0.2, 0.25) is 0 Å². The number of aromatic amines is 1. The van der Waals surface area contributed by atoms with Gasteiger partial charge in [0.1, 0.15) is 0 Å². The second kappa shape index (κ2) is 8.82. The van der Waals surface area contributed by atoms with E-state index < -0.39 is 0 Å². The Bertz CT molecular complexity index is 996. The van der Waals surface area contributed by atoms with E-state index in [1.807, 2.05) is 30.3 Å². The number of thiocarbonyl (C=S) groups is 1. The van der Waals surface area contributed by atoms with Gasteiger partial charge in [0, 0.05) is 24.2 Å². The fourth-order valence-electron chi connectivity index (χ4n) is 3.05. The molecule has 27 heavy (non-hydrogen) atoms. The first-order valence-electron chi connectivity index (χ1n) is 9.22. The van der Waals surface area contributed by atoms with Gasteiger partial charge >= 0.3 is 0 Å². The fourth-order valence-corrected chi connectivity index (χ4v) is 3.25. The molecule has 1 heterocycles. The van der Waals surface area contributed by atoms with Crippen molar-refractivity contribution in [1.82, 2.24) is 15.6 Å². The molecule has 140 valence electrons. The van der Waals surface area contributed by atoms with Gasteiger partial charge in [-0.3, -0.25) is 4.79 Å². The third kappa shape index (κ3) is 5.17. The zero-order chi connectivity index (χ0) is 19.2. The van der Waals surface area contributed by atoms with Crippen LogP contribution in [0.1, 0.15) is 22.3 Å². The third-order valence-electron chi connectivity index (χ3n) is 4.76. The smallest absolute Gasteiger partial charge is 0.251 e. The summed E-state index contributed by atoms with van der Waals surface area (Å²) in [6.45, 7) is 5.54. The van der Waals surface area contributed by atoms with Gasteiger partial charge in [0.15, 0.2) is 5.11 Å². The topological polar surface area (TPSA) is 56.9 Å². The van der Waals surface area contributed by atoms with E-state index in [4.69, 9.17) is 12.2 Å². The molecule has 0 saturated heterocycles. The molecular formula is C22H25N3OS. The Morgan fingerprint density at radius 3 is 2.37 bits per heavy atom. The lowest BCUT2D eigenvalue weighted by Gasteiger charge is -2.11. The molecule has 0 saturated carbocycles. The zero-order valence-corrected chi connectivity index (χ0v) is 16.6. The van der Waals surface area contributed by atoms with Gasteiger partial charge in [0.25, 0.3) is 5.56 Å². The maximum Gasteiger partial charge on any atom is 0.251 e. The first kappa shape index (κ1) is 19.1. The van der Waals surface area contributed by atoms with Crippen LogP contribution in [0.4, 0.5) is 0 Å². The van der Waals surface area contributed by atoms with Crippen LogP contribution in [0.25, 0.3) is 10.9 Å². The minimum absolute atomic E-state index is 0.0319. The monoisotopic (exact) mass is 379 g/mol. The summed E-state index contributed by atoms with van der Waals surface area (Å²) >= 11 is 5.32. The van der Waals surface area contributed by atoms with Gasteiger partial charge < -0.3 is 15.6 Å². The molecule has 3 aromatic rings. The number of nitrogens with one attached hydrogen (secondary N) is 3. The molecule has 0 bridgehead atoms. The van der Waals surface area contributed by atoms with Gasteiger partial charge in [0.2, 0.25) is 0 Å². The van der Waals surface area contributed by atoms with Crippen molar-refractivity contribution >= 4 is 28.2 Å². The van der Waals surface area contributed by atoms with Crippen LogP contribution in [-0.4, -0.2) is 23.2 Å². The molecular weight excluding hydrogens is 354 g/mol. The number of hydrogen-bond donors (Lipinski definition) is 3. The molecule has 0 radical (unpaired) electrons. The maximum atomic E-state index is 12.3. The number of hydrogen-bond acceptors (Lipinski definition) is 2. The lowest BCUT2D eigenvalue weighted by Crippen LogP contribution is -2.37. The van der Waals surface area contributed by atoms with Crippen molar-refractivity contribution in [2.45, 2.75) is 26.7 Å². The summed E-state index contributed by atoms with van der Waals surface area (Å²) in [7, 11) is 0. The number of aromatic nitrogens is 1. The lowest BCUT2D eigenvalue weighted by atomic mass is 10.0. The number of aryl methyl sites for hydroxylation is 2. The molecule has 0 aliphatic heterocycles. The largest absolute Gasteiger partial charge is 0.362 e. The summed E-state index contributed by atoms with van der Waals surface area (Å²) in [5.41, 5.74) is 5.31. The van der Waals surface area contributed by atoms with Crippen molar-refractivity contribution in [3.05, 3.63) is 81.1 Å². The van der Waals surface area contributed by atoms with Gasteiger partial charge in [0.05, 0.1) is 0 Å². The molecule has 4 nitrogen and oxygen atoms in total. The highest BCUT2D eigenvalue weighted by Gasteiger charge is 2.05. The van der Waals surface area contributed by atoms with Gasteiger partial charge in [-0.1, -0.05) is 30.3 Å². The minimum Gasteiger partial charge on any atom is -0.362 e. The van der Waals surface area contributed by atoms with Crippen molar-refractivity contribution in [2.24, 2.45) is 0 Å². The van der Waals surface area contributed by atoms with Crippen molar-refractivity contribution < 1.29 is 0 Å². The summed E-state index contributed by atoms with van der Waals surface area (Å²) in [5.74, 6) is 0. The first-order chi connectivity index (χ1) is 13.0. The molecule has 5 heteroatoms. The van der Waals surface area contributed by atoms with Gasteiger partial charge in [-0.15, -0.1) is 0 Å². The molecule has 3 rings (SSSR count). The minimum atomic E-state index is -0.0319.